The van der Waals surface area contributed by atoms with Crippen molar-refractivity contribution in [2.24, 2.45) is 0 Å². The first-order chi connectivity index (χ1) is 8.99. The number of aliphatic carboxylic acids is 1. The highest BCUT2D eigenvalue weighted by Crippen LogP contribution is 2.35. The van der Waals surface area contributed by atoms with E-state index < -0.39 is 5.97 Å². The third-order valence-electron chi connectivity index (χ3n) is 2.49. The fourth-order valence-electron chi connectivity index (χ4n) is 1.65. The van der Waals surface area contributed by atoms with Crippen molar-refractivity contribution in [2.45, 2.75) is 6.42 Å². The number of benzene rings is 1. The second-order valence-electron chi connectivity index (χ2n) is 3.83. The number of carboxylic acid groups (broad SMARTS) is 1. The number of carboxylic acids is 1. The molecule has 0 bridgehead atoms. The molecule has 0 aliphatic carbocycles. The molecule has 0 spiro atoms. The minimum atomic E-state index is -0.962. The predicted octanol–water partition coefficient (Wildman–Crippen LogP) is 4.34. The van der Waals surface area contributed by atoms with Gasteiger partial charge in [-0.05, 0) is 29.8 Å². The maximum atomic E-state index is 10.8. The molecule has 0 unspecified atom stereocenters. The molecule has 19 heavy (non-hydrogen) atoms. The molecule has 1 heterocycles. The predicted molar refractivity (Wildman–Crippen MR) is 76.0 cm³/mol. The molecular weight excluding hydrogens is 309 g/mol. The van der Waals surface area contributed by atoms with E-state index in [4.69, 9.17) is 39.9 Å². The van der Waals surface area contributed by atoms with Crippen molar-refractivity contribution >= 4 is 40.8 Å². The number of hydrogen-bond donors (Lipinski definition) is 1. The topological polar surface area (TPSA) is 50.2 Å². The summed E-state index contributed by atoms with van der Waals surface area (Å²) in [7, 11) is 0. The van der Waals surface area contributed by atoms with Gasteiger partial charge in [0.25, 0.3) is 0 Å². The first-order valence-electron chi connectivity index (χ1n) is 5.29. The van der Waals surface area contributed by atoms with Crippen LogP contribution in [-0.4, -0.2) is 16.1 Å². The first kappa shape index (κ1) is 14.1. The van der Waals surface area contributed by atoms with Gasteiger partial charge in [-0.15, -0.1) is 0 Å². The van der Waals surface area contributed by atoms with Gasteiger partial charge in [0, 0.05) is 16.8 Å². The van der Waals surface area contributed by atoms with Gasteiger partial charge < -0.3 is 5.11 Å². The van der Waals surface area contributed by atoms with Gasteiger partial charge in [0.1, 0.15) is 0 Å². The van der Waals surface area contributed by atoms with Crippen LogP contribution in [0.1, 0.15) is 5.56 Å². The van der Waals surface area contributed by atoms with Gasteiger partial charge in [-0.1, -0.05) is 34.8 Å². The van der Waals surface area contributed by atoms with Crippen LogP contribution in [0.4, 0.5) is 0 Å². The van der Waals surface area contributed by atoms with E-state index in [1.165, 1.54) is 6.20 Å². The summed E-state index contributed by atoms with van der Waals surface area (Å²) in [6.45, 7) is 0. The summed E-state index contributed by atoms with van der Waals surface area (Å²) in [5.74, 6) is -0.962. The standard InChI is InChI=1S/C13H8Cl3NO2/c14-8-1-2-10(15)9(6-8)13-12(16)7(3-4-17-13)5-11(18)19/h1-4,6H,5H2,(H,18,19). The Kier molecular flexibility index (Phi) is 4.30. The van der Waals surface area contributed by atoms with E-state index in [1.54, 1.807) is 24.3 Å². The molecule has 2 rings (SSSR count). The van der Waals surface area contributed by atoms with Crippen LogP contribution in [0.3, 0.4) is 0 Å². The first-order valence-corrected chi connectivity index (χ1v) is 6.43. The van der Waals surface area contributed by atoms with E-state index >= 15 is 0 Å². The third kappa shape index (κ3) is 3.18. The Hall–Kier alpha value is -1.29. The minimum Gasteiger partial charge on any atom is -0.481 e. The zero-order chi connectivity index (χ0) is 14.0. The Balaban J connectivity index is 2.56. The lowest BCUT2D eigenvalue weighted by Crippen LogP contribution is -2.02. The number of halogens is 3. The largest absolute Gasteiger partial charge is 0.481 e. The van der Waals surface area contributed by atoms with Crippen molar-refractivity contribution in [3.8, 4) is 11.3 Å². The minimum absolute atomic E-state index is 0.174. The van der Waals surface area contributed by atoms with Gasteiger partial charge >= 0.3 is 5.97 Å². The summed E-state index contributed by atoms with van der Waals surface area (Å²) in [5, 5.41) is 10.0. The SMILES string of the molecule is O=C(O)Cc1ccnc(-c2cc(Cl)ccc2Cl)c1Cl. The summed E-state index contributed by atoms with van der Waals surface area (Å²) in [6, 6.07) is 6.50. The van der Waals surface area contributed by atoms with E-state index in [0.29, 0.717) is 26.9 Å². The smallest absolute Gasteiger partial charge is 0.307 e. The van der Waals surface area contributed by atoms with Crippen molar-refractivity contribution < 1.29 is 9.90 Å². The highest BCUT2D eigenvalue weighted by atomic mass is 35.5. The molecular formula is C13H8Cl3NO2. The summed E-state index contributed by atoms with van der Waals surface area (Å²) in [5.41, 5.74) is 1.48. The zero-order valence-corrected chi connectivity index (χ0v) is 11.8. The van der Waals surface area contributed by atoms with Gasteiger partial charge in [0.15, 0.2) is 0 Å². The maximum Gasteiger partial charge on any atom is 0.307 e. The number of aromatic nitrogens is 1. The molecule has 0 aliphatic rings. The van der Waals surface area contributed by atoms with Crippen LogP contribution < -0.4 is 0 Å². The summed E-state index contributed by atoms with van der Waals surface area (Å²) < 4.78 is 0. The number of hydrogen-bond acceptors (Lipinski definition) is 2. The van der Waals surface area contributed by atoms with Crippen LogP contribution in [0.2, 0.25) is 15.1 Å². The molecule has 0 amide bonds. The van der Waals surface area contributed by atoms with Gasteiger partial charge in [-0.2, -0.15) is 0 Å². The molecule has 0 atom stereocenters. The molecule has 98 valence electrons. The average Bonchev–Trinajstić information content (AvgIpc) is 2.35. The number of rotatable bonds is 3. The molecule has 0 saturated heterocycles. The van der Waals surface area contributed by atoms with E-state index in [0.717, 1.165) is 0 Å². The van der Waals surface area contributed by atoms with E-state index in [2.05, 4.69) is 4.98 Å². The molecule has 0 saturated carbocycles. The fraction of sp³-hybridized carbons (Fsp3) is 0.0769. The molecule has 6 heteroatoms. The lowest BCUT2D eigenvalue weighted by atomic mass is 10.1. The van der Waals surface area contributed by atoms with Crippen LogP contribution in [0.5, 0.6) is 0 Å². The van der Waals surface area contributed by atoms with Crippen LogP contribution >= 0.6 is 34.8 Å². The molecule has 1 N–H and O–H groups in total. The Labute approximate surface area is 124 Å². The van der Waals surface area contributed by atoms with E-state index in [-0.39, 0.29) is 11.4 Å². The fourth-order valence-corrected chi connectivity index (χ4v) is 2.31. The molecule has 1 aromatic carbocycles. The molecule has 0 radical (unpaired) electrons. The van der Waals surface area contributed by atoms with Crippen LogP contribution in [0.15, 0.2) is 30.5 Å². The number of carbonyl (C=O) groups is 1. The Morgan fingerprint density at radius 2 is 1.95 bits per heavy atom. The lowest BCUT2D eigenvalue weighted by molar-refractivity contribution is -0.136. The average molecular weight is 317 g/mol. The van der Waals surface area contributed by atoms with Crippen molar-refractivity contribution in [3.63, 3.8) is 0 Å². The number of pyridine rings is 1. The maximum absolute atomic E-state index is 10.8. The Morgan fingerprint density at radius 3 is 2.63 bits per heavy atom. The van der Waals surface area contributed by atoms with Gasteiger partial charge in [0.05, 0.1) is 22.2 Å². The second kappa shape index (κ2) is 5.78. The summed E-state index contributed by atoms with van der Waals surface area (Å²) >= 11 is 18.2. The summed E-state index contributed by atoms with van der Waals surface area (Å²) in [6.07, 6.45) is 1.32. The van der Waals surface area contributed by atoms with E-state index in [1.807, 2.05) is 0 Å². The quantitative estimate of drug-likeness (QED) is 0.916. The highest BCUT2D eigenvalue weighted by Gasteiger charge is 2.14. The van der Waals surface area contributed by atoms with Crippen LogP contribution in [0.25, 0.3) is 11.3 Å². The van der Waals surface area contributed by atoms with Crippen molar-refractivity contribution in [2.75, 3.05) is 0 Å². The zero-order valence-electron chi connectivity index (χ0n) is 9.53. The third-order valence-corrected chi connectivity index (χ3v) is 3.48. The monoisotopic (exact) mass is 315 g/mol. The van der Waals surface area contributed by atoms with Gasteiger partial charge in [-0.25, -0.2) is 0 Å². The molecule has 2 aromatic rings. The molecule has 3 nitrogen and oxygen atoms in total. The van der Waals surface area contributed by atoms with Gasteiger partial charge in [0.2, 0.25) is 0 Å². The summed E-state index contributed by atoms with van der Waals surface area (Å²) in [4.78, 5) is 14.9. The number of nitrogens with zero attached hydrogens (tertiary/aromatic N) is 1. The normalized spacial score (nSPS) is 10.5. The second-order valence-corrected chi connectivity index (χ2v) is 5.05. The van der Waals surface area contributed by atoms with E-state index in [9.17, 15) is 4.79 Å². The molecule has 1 aromatic heterocycles. The van der Waals surface area contributed by atoms with Crippen LogP contribution in [-0.2, 0) is 11.2 Å². The van der Waals surface area contributed by atoms with Crippen molar-refractivity contribution in [1.29, 1.82) is 0 Å². The Bertz CT molecular complexity index is 644. The molecule has 0 fully saturated rings. The van der Waals surface area contributed by atoms with Gasteiger partial charge in [-0.3, -0.25) is 9.78 Å². The Morgan fingerprint density at radius 1 is 1.21 bits per heavy atom. The van der Waals surface area contributed by atoms with Crippen molar-refractivity contribution in [1.82, 2.24) is 4.98 Å². The molecule has 0 aliphatic heterocycles. The van der Waals surface area contributed by atoms with Crippen molar-refractivity contribution in [3.05, 3.63) is 51.1 Å². The van der Waals surface area contributed by atoms with Crippen LogP contribution in [0, 0.1) is 0 Å². The highest BCUT2D eigenvalue weighted by molar-refractivity contribution is 6.37. The lowest BCUT2D eigenvalue weighted by Gasteiger charge is -2.09.